The van der Waals surface area contributed by atoms with E-state index < -0.39 is 0 Å². The molecule has 0 aliphatic carbocycles. The van der Waals surface area contributed by atoms with E-state index >= 15 is 0 Å². The lowest BCUT2D eigenvalue weighted by molar-refractivity contribution is -0.126. The van der Waals surface area contributed by atoms with Crippen LogP contribution >= 0.6 is 0 Å². The van der Waals surface area contributed by atoms with E-state index in [1.165, 1.54) is 6.33 Å². The van der Waals surface area contributed by atoms with Crippen LogP contribution in [0.1, 0.15) is 40.5 Å². The lowest BCUT2D eigenvalue weighted by Crippen LogP contribution is -2.44. The number of hydrogen-bond donors (Lipinski definition) is 1. The normalized spacial score (nSPS) is 17.2. The second-order valence-corrected chi connectivity index (χ2v) is 6.45. The van der Waals surface area contributed by atoms with E-state index in [1.54, 1.807) is 0 Å². The molecule has 1 fully saturated rings. The number of aromatic nitrogens is 2. The fraction of sp³-hybridized carbons (Fsp3) is 0.706. The molecular formula is C17H28N4O2. The number of piperidine rings is 1. The molecule has 1 saturated heterocycles. The summed E-state index contributed by atoms with van der Waals surface area (Å²) in [4.78, 5) is 22.9. The Labute approximate surface area is 138 Å². The molecule has 1 N–H and O–H groups in total. The van der Waals surface area contributed by atoms with Gasteiger partial charge in [0.2, 0.25) is 11.8 Å². The van der Waals surface area contributed by atoms with Gasteiger partial charge in [0.1, 0.15) is 12.1 Å². The molecule has 0 saturated carbocycles. The number of amides is 1. The number of nitrogens with one attached hydrogen (secondary N) is 1. The number of carbonyl (C=O) groups excluding carboxylic acids is 1. The van der Waals surface area contributed by atoms with Gasteiger partial charge in [0.15, 0.2) is 0 Å². The molecular weight excluding hydrogens is 292 g/mol. The highest BCUT2D eigenvalue weighted by atomic mass is 16.5. The maximum Gasteiger partial charge on any atom is 0.223 e. The first-order valence-corrected chi connectivity index (χ1v) is 8.51. The van der Waals surface area contributed by atoms with Crippen molar-refractivity contribution < 1.29 is 9.53 Å². The first-order chi connectivity index (χ1) is 11.0. The zero-order valence-corrected chi connectivity index (χ0v) is 14.6. The van der Waals surface area contributed by atoms with Crippen molar-refractivity contribution in [2.24, 2.45) is 11.8 Å². The highest BCUT2D eigenvalue weighted by Crippen LogP contribution is 2.23. The number of ether oxygens (including phenoxy) is 1. The molecule has 1 aromatic rings. The van der Waals surface area contributed by atoms with Gasteiger partial charge < -0.3 is 15.0 Å². The van der Waals surface area contributed by atoms with Crippen LogP contribution in [0.5, 0.6) is 5.88 Å². The lowest BCUT2D eigenvalue weighted by atomic mass is 9.95. The van der Waals surface area contributed by atoms with Gasteiger partial charge in [0, 0.05) is 31.1 Å². The molecule has 1 amide bonds. The monoisotopic (exact) mass is 320 g/mol. The Bertz CT molecular complexity index is 513. The van der Waals surface area contributed by atoms with E-state index in [1.807, 2.05) is 13.0 Å². The van der Waals surface area contributed by atoms with E-state index in [0.717, 1.165) is 31.7 Å². The largest absolute Gasteiger partial charge is 0.478 e. The fourth-order valence-electron chi connectivity index (χ4n) is 2.61. The van der Waals surface area contributed by atoms with Gasteiger partial charge in [-0.05, 0) is 32.6 Å². The number of anilines is 1. The summed E-state index contributed by atoms with van der Waals surface area (Å²) >= 11 is 0. The van der Waals surface area contributed by atoms with Crippen LogP contribution in [0.2, 0.25) is 0 Å². The van der Waals surface area contributed by atoms with Crippen molar-refractivity contribution in [1.82, 2.24) is 15.3 Å². The third kappa shape index (κ3) is 4.81. The smallest absolute Gasteiger partial charge is 0.223 e. The summed E-state index contributed by atoms with van der Waals surface area (Å²) in [6.45, 7) is 10.5. The SMILES string of the molecule is CCOc1cc(N2CCC(C(=O)N[C@@H](C)C(C)C)CC2)ncn1. The van der Waals surface area contributed by atoms with Crippen LogP contribution in [0, 0.1) is 11.8 Å². The van der Waals surface area contributed by atoms with Crippen LogP contribution in [0.4, 0.5) is 5.82 Å². The third-order valence-corrected chi connectivity index (χ3v) is 4.48. The van der Waals surface area contributed by atoms with Crippen molar-refractivity contribution in [3.05, 3.63) is 12.4 Å². The Morgan fingerprint density at radius 1 is 1.35 bits per heavy atom. The molecule has 0 bridgehead atoms. The highest BCUT2D eigenvalue weighted by molar-refractivity contribution is 5.79. The molecule has 0 unspecified atom stereocenters. The first-order valence-electron chi connectivity index (χ1n) is 8.51. The van der Waals surface area contributed by atoms with E-state index in [9.17, 15) is 4.79 Å². The van der Waals surface area contributed by atoms with Crippen LogP contribution in [0.3, 0.4) is 0 Å². The van der Waals surface area contributed by atoms with Gasteiger partial charge in [-0.1, -0.05) is 13.8 Å². The number of rotatable bonds is 6. The minimum atomic E-state index is 0.0978. The van der Waals surface area contributed by atoms with Crippen molar-refractivity contribution in [3.8, 4) is 5.88 Å². The summed E-state index contributed by atoms with van der Waals surface area (Å²) in [7, 11) is 0. The van der Waals surface area contributed by atoms with Crippen molar-refractivity contribution in [2.45, 2.75) is 46.6 Å². The van der Waals surface area contributed by atoms with E-state index in [-0.39, 0.29) is 17.9 Å². The second kappa shape index (κ2) is 8.13. The minimum absolute atomic E-state index is 0.0978. The molecule has 0 radical (unpaired) electrons. The Hall–Kier alpha value is -1.85. The summed E-state index contributed by atoms with van der Waals surface area (Å²) < 4.78 is 5.42. The molecule has 1 aromatic heterocycles. The molecule has 128 valence electrons. The van der Waals surface area contributed by atoms with Crippen LogP contribution in [-0.4, -0.2) is 41.6 Å². The van der Waals surface area contributed by atoms with Crippen LogP contribution in [0.15, 0.2) is 12.4 Å². The minimum Gasteiger partial charge on any atom is -0.478 e. The van der Waals surface area contributed by atoms with Gasteiger partial charge in [0.25, 0.3) is 0 Å². The summed E-state index contributed by atoms with van der Waals surface area (Å²) in [5.74, 6) is 2.21. The summed E-state index contributed by atoms with van der Waals surface area (Å²) in [5.41, 5.74) is 0. The van der Waals surface area contributed by atoms with Gasteiger partial charge in [-0.3, -0.25) is 4.79 Å². The van der Waals surface area contributed by atoms with Crippen LogP contribution < -0.4 is 15.0 Å². The van der Waals surface area contributed by atoms with Crippen molar-refractivity contribution in [2.75, 3.05) is 24.6 Å². The fourth-order valence-corrected chi connectivity index (χ4v) is 2.61. The quantitative estimate of drug-likeness (QED) is 0.871. The van der Waals surface area contributed by atoms with Gasteiger partial charge in [0.05, 0.1) is 6.61 Å². The molecule has 2 rings (SSSR count). The zero-order chi connectivity index (χ0) is 16.8. The van der Waals surface area contributed by atoms with Crippen LogP contribution in [-0.2, 0) is 4.79 Å². The third-order valence-electron chi connectivity index (χ3n) is 4.48. The van der Waals surface area contributed by atoms with Crippen molar-refractivity contribution in [3.63, 3.8) is 0 Å². The van der Waals surface area contributed by atoms with Gasteiger partial charge >= 0.3 is 0 Å². The predicted molar refractivity (Wildman–Crippen MR) is 90.6 cm³/mol. The van der Waals surface area contributed by atoms with Crippen molar-refractivity contribution in [1.29, 1.82) is 0 Å². The standard InChI is InChI=1S/C17H28N4O2/c1-5-23-16-10-15(18-11-19-16)21-8-6-14(7-9-21)17(22)20-13(4)12(2)3/h10-14H,5-9H2,1-4H3,(H,20,22)/t13-/m0/s1. The number of hydrogen-bond acceptors (Lipinski definition) is 5. The van der Waals surface area contributed by atoms with E-state index in [2.05, 4.69) is 41.0 Å². The maximum absolute atomic E-state index is 12.3. The summed E-state index contributed by atoms with van der Waals surface area (Å²) in [5, 5.41) is 3.13. The van der Waals surface area contributed by atoms with Gasteiger partial charge in [-0.15, -0.1) is 0 Å². The average Bonchev–Trinajstić information content (AvgIpc) is 2.55. The van der Waals surface area contributed by atoms with E-state index in [4.69, 9.17) is 4.74 Å². The van der Waals surface area contributed by atoms with Gasteiger partial charge in [-0.25, -0.2) is 9.97 Å². The molecule has 1 aliphatic rings. The Morgan fingerprint density at radius 3 is 2.65 bits per heavy atom. The second-order valence-electron chi connectivity index (χ2n) is 6.45. The summed E-state index contributed by atoms with van der Waals surface area (Å²) in [6.07, 6.45) is 3.23. The summed E-state index contributed by atoms with van der Waals surface area (Å²) in [6, 6.07) is 2.08. The molecule has 23 heavy (non-hydrogen) atoms. The van der Waals surface area contributed by atoms with Crippen molar-refractivity contribution >= 4 is 11.7 Å². The molecule has 0 spiro atoms. The predicted octanol–water partition coefficient (Wildman–Crippen LogP) is 2.25. The Kier molecular flexibility index (Phi) is 6.19. The molecule has 6 heteroatoms. The molecule has 0 aromatic carbocycles. The van der Waals surface area contributed by atoms with E-state index in [0.29, 0.717) is 18.4 Å². The Morgan fingerprint density at radius 2 is 2.04 bits per heavy atom. The molecule has 1 aliphatic heterocycles. The highest BCUT2D eigenvalue weighted by Gasteiger charge is 2.27. The lowest BCUT2D eigenvalue weighted by Gasteiger charge is -2.33. The number of carbonyl (C=O) groups is 1. The topological polar surface area (TPSA) is 67.3 Å². The molecule has 6 nitrogen and oxygen atoms in total. The Balaban J connectivity index is 1.88. The maximum atomic E-state index is 12.3. The first kappa shape index (κ1) is 17.5. The number of nitrogens with zero attached hydrogens (tertiary/aromatic N) is 3. The van der Waals surface area contributed by atoms with Gasteiger partial charge in [-0.2, -0.15) is 0 Å². The van der Waals surface area contributed by atoms with Crippen LogP contribution in [0.25, 0.3) is 0 Å². The molecule has 2 heterocycles. The zero-order valence-electron chi connectivity index (χ0n) is 14.6. The molecule has 1 atom stereocenters. The average molecular weight is 320 g/mol.